The molecule has 0 spiro atoms. The molecular weight excluding hydrogens is 320 g/mol. The summed E-state index contributed by atoms with van der Waals surface area (Å²) in [4.78, 5) is 12.8. The first kappa shape index (κ1) is 17.9. The second kappa shape index (κ2) is 6.96. The molecule has 2 atom stereocenters. The first-order chi connectivity index (χ1) is 10.7. The largest absolute Gasteiger partial charge is 0.478 e. The van der Waals surface area contributed by atoms with E-state index in [1.165, 1.54) is 30.5 Å². The smallest absolute Gasteiger partial charge is 0.335 e. The zero-order valence-corrected chi connectivity index (χ0v) is 14.0. The van der Waals surface area contributed by atoms with Gasteiger partial charge in [-0.05, 0) is 17.7 Å². The third kappa shape index (κ3) is 4.51. The van der Waals surface area contributed by atoms with E-state index >= 15 is 0 Å². The molecule has 1 aromatic rings. The van der Waals surface area contributed by atoms with Gasteiger partial charge in [-0.3, -0.25) is 4.90 Å². The second-order valence-corrected chi connectivity index (χ2v) is 8.31. The lowest BCUT2D eigenvalue weighted by Crippen LogP contribution is -2.33. The number of nitrogens with zero attached hydrogens (tertiary/aromatic N) is 2. The molecule has 0 bridgehead atoms. The Balaban J connectivity index is 1.97. The molecule has 1 aromatic carbocycles. The van der Waals surface area contributed by atoms with Crippen molar-refractivity contribution >= 4 is 16.0 Å². The number of aliphatic hydroxyl groups is 1. The lowest BCUT2D eigenvalue weighted by atomic mass is 10.1. The summed E-state index contributed by atoms with van der Waals surface area (Å²) < 4.78 is 25.1. The van der Waals surface area contributed by atoms with Gasteiger partial charge in [-0.2, -0.15) is 0 Å². The van der Waals surface area contributed by atoms with E-state index in [0.29, 0.717) is 19.6 Å². The first-order valence-electron chi connectivity index (χ1n) is 7.32. The number of carboxylic acids is 1. The van der Waals surface area contributed by atoms with Crippen LogP contribution in [0.4, 0.5) is 0 Å². The number of aromatic carboxylic acids is 1. The van der Waals surface area contributed by atoms with Crippen LogP contribution in [-0.4, -0.2) is 72.8 Å². The maximum Gasteiger partial charge on any atom is 0.335 e. The van der Waals surface area contributed by atoms with Crippen LogP contribution < -0.4 is 0 Å². The molecule has 1 saturated heterocycles. The summed E-state index contributed by atoms with van der Waals surface area (Å²) in [5, 5.41) is 19.0. The van der Waals surface area contributed by atoms with Crippen molar-refractivity contribution in [2.75, 3.05) is 32.9 Å². The van der Waals surface area contributed by atoms with Gasteiger partial charge in [-0.15, -0.1) is 0 Å². The molecule has 8 heteroatoms. The number of rotatable bonds is 6. The number of carboxylic acid groups (broad SMARTS) is 1. The summed E-state index contributed by atoms with van der Waals surface area (Å²) in [5.74, 6) is -1.36. The van der Waals surface area contributed by atoms with E-state index in [9.17, 15) is 18.3 Å². The standard InChI is InChI=1S/C15H22N2O5S/c1-16(2)23(21,22)10-13-8-17(9-14(13)18)7-11-3-5-12(6-4-11)15(19)20/h3-6,13-14,18H,7-10H2,1-2H3,(H,19,20)/t13-,14-/m0/s1. The monoisotopic (exact) mass is 342 g/mol. The minimum Gasteiger partial charge on any atom is -0.478 e. The van der Waals surface area contributed by atoms with Crippen LogP contribution in [0, 0.1) is 5.92 Å². The SMILES string of the molecule is CN(C)S(=O)(=O)C[C@@H]1CN(Cc2ccc(C(=O)O)cc2)C[C@@H]1O. The van der Waals surface area contributed by atoms with E-state index in [2.05, 4.69) is 0 Å². The number of likely N-dealkylation sites (tertiary alicyclic amines) is 1. The highest BCUT2D eigenvalue weighted by Crippen LogP contribution is 2.21. The molecule has 0 aromatic heterocycles. The summed E-state index contributed by atoms with van der Waals surface area (Å²) >= 11 is 0. The Morgan fingerprint density at radius 2 is 1.87 bits per heavy atom. The zero-order valence-electron chi connectivity index (χ0n) is 13.2. The van der Waals surface area contributed by atoms with E-state index in [0.717, 1.165) is 5.56 Å². The van der Waals surface area contributed by atoms with Crippen molar-refractivity contribution in [3.05, 3.63) is 35.4 Å². The lowest BCUT2D eigenvalue weighted by Gasteiger charge is -2.18. The second-order valence-electron chi connectivity index (χ2n) is 6.08. The summed E-state index contributed by atoms with van der Waals surface area (Å²) in [7, 11) is -0.375. The average molecular weight is 342 g/mol. The number of carbonyl (C=O) groups is 1. The molecule has 0 aliphatic carbocycles. The number of aliphatic hydroxyl groups excluding tert-OH is 1. The normalized spacial score (nSPS) is 22.6. The molecule has 128 valence electrons. The average Bonchev–Trinajstić information content (AvgIpc) is 2.78. The van der Waals surface area contributed by atoms with Gasteiger partial charge in [-0.25, -0.2) is 17.5 Å². The van der Waals surface area contributed by atoms with E-state index < -0.39 is 22.1 Å². The third-order valence-corrected chi connectivity index (χ3v) is 6.03. The quantitative estimate of drug-likeness (QED) is 0.759. The molecule has 1 fully saturated rings. The fraction of sp³-hybridized carbons (Fsp3) is 0.533. The number of benzene rings is 1. The summed E-state index contributed by atoms with van der Waals surface area (Å²) in [6, 6.07) is 6.55. The Hall–Kier alpha value is -1.48. The van der Waals surface area contributed by atoms with Gasteiger partial charge in [0, 0.05) is 39.6 Å². The Labute approximate surface area is 136 Å². The Morgan fingerprint density at radius 1 is 1.26 bits per heavy atom. The number of sulfonamides is 1. The Kier molecular flexibility index (Phi) is 5.41. The van der Waals surface area contributed by atoms with Crippen LogP contribution >= 0.6 is 0 Å². The van der Waals surface area contributed by atoms with E-state index in [-0.39, 0.29) is 17.2 Å². The van der Waals surface area contributed by atoms with Crippen molar-refractivity contribution in [2.45, 2.75) is 12.6 Å². The van der Waals surface area contributed by atoms with Gasteiger partial charge in [0.2, 0.25) is 10.0 Å². The van der Waals surface area contributed by atoms with Crippen molar-refractivity contribution in [3.63, 3.8) is 0 Å². The van der Waals surface area contributed by atoms with E-state index in [4.69, 9.17) is 5.11 Å². The van der Waals surface area contributed by atoms with Crippen LogP contribution in [0.15, 0.2) is 24.3 Å². The van der Waals surface area contributed by atoms with E-state index in [1.54, 1.807) is 12.1 Å². The minimum atomic E-state index is -3.34. The third-order valence-electron chi connectivity index (χ3n) is 4.07. The maximum absolute atomic E-state index is 11.9. The van der Waals surface area contributed by atoms with Crippen molar-refractivity contribution in [2.24, 2.45) is 5.92 Å². The number of hydrogen-bond acceptors (Lipinski definition) is 5. The maximum atomic E-state index is 11.9. The molecule has 1 aliphatic heterocycles. The zero-order chi connectivity index (χ0) is 17.2. The van der Waals surface area contributed by atoms with Crippen LogP contribution in [0.1, 0.15) is 15.9 Å². The molecule has 0 amide bonds. The van der Waals surface area contributed by atoms with Gasteiger partial charge < -0.3 is 10.2 Å². The molecular formula is C15H22N2O5S. The topological polar surface area (TPSA) is 98.2 Å². The fourth-order valence-corrected chi connectivity index (χ4v) is 3.83. The number of β-amino-alcohol motifs (C(OH)–C–C–N with tert-alkyl or cyclic N) is 1. The van der Waals surface area contributed by atoms with Gasteiger partial charge in [0.15, 0.2) is 0 Å². The predicted molar refractivity (Wildman–Crippen MR) is 85.6 cm³/mol. The fourth-order valence-electron chi connectivity index (χ4n) is 2.66. The molecule has 2 N–H and O–H groups in total. The Morgan fingerprint density at radius 3 is 2.39 bits per heavy atom. The summed E-state index contributed by atoms with van der Waals surface area (Å²) in [5.41, 5.74) is 1.16. The lowest BCUT2D eigenvalue weighted by molar-refractivity contribution is 0.0697. The van der Waals surface area contributed by atoms with Gasteiger partial charge in [-0.1, -0.05) is 12.1 Å². The van der Waals surface area contributed by atoms with Crippen molar-refractivity contribution in [3.8, 4) is 0 Å². The van der Waals surface area contributed by atoms with Gasteiger partial charge in [0.05, 0.1) is 17.4 Å². The number of hydrogen-bond donors (Lipinski definition) is 2. The van der Waals surface area contributed by atoms with Gasteiger partial charge in [0.1, 0.15) is 0 Å². The molecule has 23 heavy (non-hydrogen) atoms. The predicted octanol–water partition coefficient (Wildman–Crippen LogP) is 0.0689. The van der Waals surface area contributed by atoms with E-state index in [1.807, 2.05) is 4.90 Å². The van der Waals surface area contributed by atoms with Crippen molar-refractivity contribution in [1.29, 1.82) is 0 Å². The summed E-state index contributed by atoms with van der Waals surface area (Å²) in [6.07, 6.45) is -0.678. The van der Waals surface area contributed by atoms with Crippen LogP contribution in [0.2, 0.25) is 0 Å². The molecule has 1 heterocycles. The minimum absolute atomic E-state index is 0.0738. The molecule has 7 nitrogen and oxygen atoms in total. The highest BCUT2D eigenvalue weighted by molar-refractivity contribution is 7.89. The van der Waals surface area contributed by atoms with Crippen molar-refractivity contribution < 1.29 is 23.4 Å². The molecule has 1 aliphatic rings. The molecule has 0 radical (unpaired) electrons. The van der Waals surface area contributed by atoms with Crippen LogP contribution in [0.3, 0.4) is 0 Å². The van der Waals surface area contributed by atoms with Gasteiger partial charge in [0.25, 0.3) is 0 Å². The highest BCUT2D eigenvalue weighted by Gasteiger charge is 2.35. The highest BCUT2D eigenvalue weighted by atomic mass is 32.2. The molecule has 2 rings (SSSR count). The van der Waals surface area contributed by atoms with Crippen LogP contribution in [0.5, 0.6) is 0 Å². The molecule has 0 saturated carbocycles. The summed E-state index contributed by atoms with van der Waals surface area (Å²) in [6.45, 7) is 1.46. The van der Waals surface area contributed by atoms with Gasteiger partial charge >= 0.3 is 5.97 Å². The first-order valence-corrected chi connectivity index (χ1v) is 8.93. The Bertz CT molecular complexity index is 657. The van der Waals surface area contributed by atoms with Crippen molar-refractivity contribution in [1.82, 2.24) is 9.21 Å². The van der Waals surface area contributed by atoms with Crippen LogP contribution in [0.25, 0.3) is 0 Å². The molecule has 0 unspecified atom stereocenters. The van der Waals surface area contributed by atoms with Crippen LogP contribution in [-0.2, 0) is 16.6 Å².